The van der Waals surface area contributed by atoms with Gasteiger partial charge in [0, 0.05) is 43.6 Å². The molecule has 172 valence electrons. The molecule has 3 aliphatic heterocycles. The van der Waals surface area contributed by atoms with Crippen LogP contribution < -0.4 is 10.2 Å². The summed E-state index contributed by atoms with van der Waals surface area (Å²) in [7, 11) is 0. The number of fused-ring (bicyclic) bond motifs is 1. The molecular formula is C26H32N6O. The number of benzene rings is 1. The average molecular weight is 445 g/mol. The van der Waals surface area contributed by atoms with E-state index < -0.39 is 0 Å². The lowest BCUT2D eigenvalue weighted by Gasteiger charge is -2.26. The van der Waals surface area contributed by atoms with E-state index in [1.165, 1.54) is 5.56 Å². The molecule has 3 aliphatic rings. The predicted molar refractivity (Wildman–Crippen MR) is 129 cm³/mol. The molecule has 1 spiro atoms. The Balaban J connectivity index is 1.24. The maximum Gasteiger partial charge on any atom is 0.293 e. The third-order valence-corrected chi connectivity index (χ3v) is 8.16. The maximum atomic E-state index is 13.2. The van der Waals surface area contributed by atoms with Gasteiger partial charge in [-0.1, -0.05) is 37.3 Å². The van der Waals surface area contributed by atoms with Gasteiger partial charge in [-0.25, -0.2) is 9.50 Å². The van der Waals surface area contributed by atoms with E-state index in [0.29, 0.717) is 5.82 Å². The number of carbonyl (C=O) groups is 1. The highest BCUT2D eigenvalue weighted by Crippen LogP contribution is 2.38. The first-order valence-corrected chi connectivity index (χ1v) is 12.1. The number of nitrogens with one attached hydrogen (secondary N) is 1. The molecule has 33 heavy (non-hydrogen) atoms. The van der Waals surface area contributed by atoms with Gasteiger partial charge in [0.1, 0.15) is 0 Å². The van der Waals surface area contributed by atoms with Crippen LogP contribution in [0.15, 0.2) is 42.6 Å². The van der Waals surface area contributed by atoms with Crippen molar-refractivity contribution >= 4 is 17.2 Å². The Morgan fingerprint density at radius 2 is 1.94 bits per heavy atom. The number of aryl methyl sites for hydroxylation is 1. The molecule has 3 aromatic rings. The van der Waals surface area contributed by atoms with Crippen LogP contribution >= 0.6 is 0 Å². The molecule has 3 fully saturated rings. The highest BCUT2D eigenvalue weighted by Gasteiger charge is 2.42. The quantitative estimate of drug-likeness (QED) is 0.673. The summed E-state index contributed by atoms with van der Waals surface area (Å²) in [5.74, 6) is 0.273. The lowest BCUT2D eigenvalue weighted by Crippen LogP contribution is -2.33. The van der Waals surface area contributed by atoms with Crippen LogP contribution in [0.25, 0.3) is 5.65 Å². The van der Waals surface area contributed by atoms with Gasteiger partial charge in [0.15, 0.2) is 5.65 Å². The van der Waals surface area contributed by atoms with E-state index in [-0.39, 0.29) is 16.7 Å². The monoisotopic (exact) mass is 444 g/mol. The number of rotatable bonds is 3. The van der Waals surface area contributed by atoms with Gasteiger partial charge in [-0.05, 0) is 49.9 Å². The molecule has 0 unspecified atom stereocenters. The number of nitrogens with zero attached hydrogens (tertiary/aromatic N) is 5. The lowest BCUT2D eigenvalue weighted by molar-refractivity contribution is 0.0764. The Labute approximate surface area is 194 Å². The standard InChI is InChI=1S/C26H32N6O/c1-19-14-21(30-12-9-25(2,17-30)20-6-4-3-5-7-20)15-32-23(19)28-22(29-32)24(33)31-13-10-26(18-31)8-11-27-16-26/h3-7,14-15,27H,8-13,16-18H2,1-2H3/t25-,26+/m0/s1. The molecule has 0 aliphatic carbocycles. The minimum Gasteiger partial charge on any atom is -0.369 e. The van der Waals surface area contributed by atoms with E-state index in [1.54, 1.807) is 4.52 Å². The second-order valence-corrected chi connectivity index (χ2v) is 10.6. The molecule has 0 saturated carbocycles. The zero-order chi connectivity index (χ0) is 22.6. The fraction of sp³-hybridized carbons (Fsp3) is 0.500. The largest absolute Gasteiger partial charge is 0.369 e. The van der Waals surface area contributed by atoms with Crippen molar-refractivity contribution in [2.45, 2.75) is 38.5 Å². The van der Waals surface area contributed by atoms with Crippen LogP contribution in [0.3, 0.4) is 0 Å². The lowest BCUT2D eigenvalue weighted by atomic mass is 9.82. The first-order valence-electron chi connectivity index (χ1n) is 12.1. The number of hydrogen-bond acceptors (Lipinski definition) is 5. The summed E-state index contributed by atoms with van der Waals surface area (Å²) in [5, 5.41) is 8.09. The fourth-order valence-corrected chi connectivity index (χ4v) is 6.05. The number of aromatic nitrogens is 3. The molecule has 2 aromatic heterocycles. The summed E-state index contributed by atoms with van der Waals surface area (Å²) < 4.78 is 1.80. The van der Waals surface area contributed by atoms with Crippen molar-refractivity contribution in [3.8, 4) is 0 Å². The molecule has 1 N–H and O–H groups in total. The SMILES string of the molecule is Cc1cc(N2CC[C@](C)(c3ccccc3)C2)cn2nc(C(=O)N3CC[C@@]4(CCNC4)C3)nc12. The van der Waals surface area contributed by atoms with Crippen LogP contribution in [-0.4, -0.2) is 64.7 Å². The van der Waals surface area contributed by atoms with Crippen molar-refractivity contribution < 1.29 is 4.79 Å². The molecule has 6 rings (SSSR count). The summed E-state index contributed by atoms with van der Waals surface area (Å²) in [6, 6.07) is 13.0. The maximum absolute atomic E-state index is 13.2. The van der Waals surface area contributed by atoms with Gasteiger partial charge in [-0.3, -0.25) is 4.79 Å². The van der Waals surface area contributed by atoms with Gasteiger partial charge < -0.3 is 15.1 Å². The average Bonchev–Trinajstić information content (AvgIpc) is 3.62. The molecule has 3 saturated heterocycles. The van der Waals surface area contributed by atoms with E-state index in [9.17, 15) is 4.79 Å². The van der Waals surface area contributed by atoms with Gasteiger partial charge in [0.25, 0.3) is 5.91 Å². The van der Waals surface area contributed by atoms with E-state index in [0.717, 1.165) is 75.4 Å². The normalized spacial score (nSPS) is 27.3. The van der Waals surface area contributed by atoms with Crippen LogP contribution in [-0.2, 0) is 5.41 Å². The first-order chi connectivity index (χ1) is 15.9. The highest BCUT2D eigenvalue weighted by molar-refractivity contribution is 5.91. The zero-order valence-electron chi connectivity index (χ0n) is 19.5. The van der Waals surface area contributed by atoms with Crippen LogP contribution in [0.2, 0.25) is 0 Å². The van der Waals surface area contributed by atoms with Crippen molar-refractivity contribution in [3.05, 3.63) is 59.5 Å². The number of hydrogen-bond donors (Lipinski definition) is 1. The van der Waals surface area contributed by atoms with Gasteiger partial charge in [-0.15, -0.1) is 5.10 Å². The zero-order valence-corrected chi connectivity index (χ0v) is 19.5. The summed E-state index contributed by atoms with van der Waals surface area (Å²) in [4.78, 5) is 22.2. The van der Waals surface area contributed by atoms with Crippen molar-refractivity contribution in [2.24, 2.45) is 5.41 Å². The Kier molecular flexibility index (Phi) is 4.73. The molecular weight excluding hydrogens is 412 g/mol. The van der Waals surface area contributed by atoms with Crippen LogP contribution in [0.4, 0.5) is 5.69 Å². The second kappa shape index (κ2) is 7.55. The minimum atomic E-state index is -0.0405. The Morgan fingerprint density at radius 3 is 2.73 bits per heavy atom. The summed E-state index contributed by atoms with van der Waals surface area (Å²) >= 11 is 0. The summed E-state index contributed by atoms with van der Waals surface area (Å²) in [5.41, 5.74) is 4.72. The predicted octanol–water partition coefficient (Wildman–Crippen LogP) is 3.03. The van der Waals surface area contributed by atoms with E-state index >= 15 is 0 Å². The van der Waals surface area contributed by atoms with Crippen LogP contribution in [0, 0.1) is 12.3 Å². The van der Waals surface area contributed by atoms with Crippen LogP contribution in [0.5, 0.6) is 0 Å². The molecule has 0 radical (unpaired) electrons. The molecule has 1 amide bonds. The second-order valence-electron chi connectivity index (χ2n) is 10.6. The first kappa shape index (κ1) is 20.7. The highest BCUT2D eigenvalue weighted by atomic mass is 16.2. The number of amides is 1. The molecule has 2 atom stereocenters. The molecule has 0 bridgehead atoms. The molecule has 1 aromatic carbocycles. The van der Waals surface area contributed by atoms with E-state index in [1.807, 2.05) is 11.1 Å². The number of anilines is 1. The summed E-state index contributed by atoms with van der Waals surface area (Å²) in [6.07, 6.45) is 5.36. The van der Waals surface area contributed by atoms with E-state index in [2.05, 4.69) is 70.5 Å². The van der Waals surface area contributed by atoms with Gasteiger partial charge in [-0.2, -0.15) is 0 Å². The van der Waals surface area contributed by atoms with E-state index in [4.69, 9.17) is 0 Å². The number of likely N-dealkylation sites (tertiary alicyclic amines) is 1. The minimum absolute atomic E-state index is 0.0405. The Hall–Kier alpha value is -2.93. The number of carbonyl (C=O) groups excluding carboxylic acids is 1. The van der Waals surface area contributed by atoms with Crippen molar-refractivity contribution in [2.75, 3.05) is 44.2 Å². The third kappa shape index (κ3) is 3.50. The van der Waals surface area contributed by atoms with Crippen molar-refractivity contribution in [1.29, 1.82) is 0 Å². The van der Waals surface area contributed by atoms with Crippen LogP contribution in [0.1, 0.15) is 47.9 Å². The topological polar surface area (TPSA) is 65.8 Å². The Bertz CT molecular complexity index is 1200. The molecule has 7 heteroatoms. The molecule has 5 heterocycles. The smallest absolute Gasteiger partial charge is 0.293 e. The van der Waals surface area contributed by atoms with Crippen molar-refractivity contribution in [1.82, 2.24) is 24.8 Å². The fourth-order valence-electron chi connectivity index (χ4n) is 6.05. The van der Waals surface area contributed by atoms with Gasteiger partial charge >= 0.3 is 0 Å². The number of pyridine rings is 1. The Morgan fingerprint density at radius 1 is 1.09 bits per heavy atom. The van der Waals surface area contributed by atoms with Gasteiger partial charge in [0.2, 0.25) is 5.82 Å². The summed E-state index contributed by atoms with van der Waals surface area (Å²) in [6.45, 7) is 10.0. The van der Waals surface area contributed by atoms with Crippen molar-refractivity contribution in [3.63, 3.8) is 0 Å². The van der Waals surface area contributed by atoms with Gasteiger partial charge in [0.05, 0.1) is 11.9 Å². The molecule has 7 nitrogen and oxygen atoms in total. The third-order valence-electron chi connectivity index (χ3n) is 8.16.